The van der Waals surface area contributed by atoms with Crippen LogP contribution in [-0.2, 0) is 20.0 Å². The van der Waals surface area contributed by atoms with Crippen molar-refractivity contribution in [1.29, 1.82) is 0 Å². The van der Waals surface area contributed by atoms with E-state index in [9.17, 15) is 9.59 Å². The average molecular weight is 352 g/mol. The monoisotopic (exact) mass is 351 g/mol. The van der Waals surface area contributed by atoms with Crippen molar-refractivity contribution in [3.63, 3.8) is 0 Å². The highest BCUT2D eigenvalue weighted by Gasteiger charge is 2.45. The van der Waals surface area contributed by atoms with E-state index >= 15 is 0 Å². The van der Waals surface area contributed by atoms with E-state index in [0.717, 1.165) is 12.8 Å². The van der Waals surface area contributed by atoms with Gasteiger partial charge in [0.05, 0.1) is 5.41 Å². The second kappa shape index (κ2) is 7.24. The van der Waals surface area contributed by atoms with Crippen molar-refractivity contribution in [1.82, 2.24) is 5.48 Å². The van der Waals surface area contributed by atoms with Crippen molar-refractivity contribution in [2.75, 3.05) is 0 Å². The summed E-state index contributed by atoms with van der Waals surface area (Å²) in [5, 5.41) is 0.499. The molecule has 0 radical (unpaired) electrons. The predicted molar refractivity (Wildman–Crippen MR) is 94.5 cm³/mol. The Morgan fingerprint density at radius 3 is 2.54 bits per heavy atom. The molecule has 1 N–H and O–H groups in total. The number of Topliss-reactive ketones (excluding diaryl/α,β-unsaturated/α-hetero) is 1. The quantitative estimate of drug-likeness (QED) is 0.798. The molecule has 0 aliphatic heterocycles. The second-order valence-electron chi connectivity index (χ2n) is 7.38. The van der Waals surface area contributed by atoms with Gasteiger partial charge in [-0.15, -0.1) is 5.48 Å². The first kappa shape index (κ1) is 18.9. The molecule has 1 aliphatic carbocycles. The third-order valence-electron chi connectivity index (χ3n) is 5.30. The van der Waals surface area contributed by atoms with Crippen molar-refractivity contribution >= 4 is 23.4 Å². The molecule has 1 unspecified atom stereocenters. The number of halogens is 1. The van der Waals surface area contributed by atoms with E-state index in [1.165, 1.54) is 0 Å². The Labute approximate surface area is 148 Å². The van der Waals surface area contributed by atoms with Gasteiger partial charge in [0.25, 0.3) is 0 Å². The van der Waals surface area contributed by atoms with E-state index in [2.05, 4.69) is 5.48 Å². The van der Waals surface area contributed by atoms with Gasteiger partial charge in [0.15, 0.2) is 5.78 Å². The maximum atomic E-state index is 12.8. The van der Waals surface area contributed by atoms with Crippen LogP contribution in [0.1, 0.15) is 58.9 Å². The summed E-state index contributed by atoms with van der Waals surface area (Å²) in [5.41, 5.74) is 1.79. The Bertz CT molecular complexity index is 627. The zero-order valence-electron chi connectivity index (χ0n) is 14.8. The van der Waals surface area contributed by atoms with E-state index in [-0.39, 0.29) is 17.7 Å². The molecule has 0 saturated heterocycles. The van der Waals surface area contributed by atoms with Gasteiger partial charge in [0, 0.05) is 17.0 Å². The summed E-state index contributed by atoms with van der Waals surface area (Å²) in [6.07, 6.45) is 2.72. The molecule has 1 aliphatic rings. The molecule has 1 saturated carbocycles. The zero-order chi connectivity index (χ0) is 18.0. The number of ketones is 1. The van der Waals surface area contributed by atoms with E-state index in [1.54, 1.807) is 6.07 Å². The molecule has 5 heteroatoms. The Morgan fingerprint density at radius 1 is 1.29 bits per heavy atom. The molecule has 0 aromatic heterocycles. The van der Waals surface area contributed by atoms with Crippen LogP contribution in [0.4, 0.5) is 0 Å². The second-order valence-corrected chi connectivity index (χ2v) is 7.79. The van der Waals surface area contributed by atoms with Crippen LogP contribution >= 0.6 is 11.6 Å². The van der Waals surface area contributed by atoms with Crippen LogP contribution in [0, 0.1) is 11.3 Å². The first-order valence-corrected chi connectivity index (χ1v) is 8.86. The average Bonchev–Trinajstić information content (AvgIpc) is 2.54. The lowest BCUT2D eigenvalue weighted by Gasteiger charge is -2.37. The number of rotatable bonds is 5. The van der Waals surface area contributed by atoms with Crippen LogP contribution in [0.2, 0.25) is 5.02 Å². The molecule has 132 valence electrons. The summed E-state index contributed by atoms with van der Waals surface area (Å²) in [4.78, 5) is 30.7. The summed E-state index contributed by atoms with van der Waals surface area (Å²) < 4.78 is 0. The first-order chi connectivity index (χ1) is 11.2. The summed E-state index contributed by atoms with van der Waals surface area (Å²) >= 11 is 6.34. The van der Waals surface area contributed by atoms with Crippen molar-refractivity contribution in [2.24, 2.45) is 11.3 Å². The number of hydrogen-bond acceptors (Lipinski definition) is 4. The number of benzene rings is 1. The largest absolute Gasteiger partial charge is 0.369 e. The van der Waals surface area contributed by atoms with Crippen molar-refractivity contribution in [3.05, 3.63) is 34.9 Å². The lowest BCUT2D eigenvalue weighted by Crippen LogP contribution is -2.53. The van der Waals surface area contributed by atoms with E-state index < -0.39 is 11.0 Å². The summed E-state index contributed by atoms with van der Waals surface area (Å²) in [6.45, 7) is 7.62. The minimum absolute atomic E-state index is 0.0111. The van der Waals surface area contributed by atoms with Gasteiger partial charge in [-0.25, -0.2) is 4.79 Å². The van der Waals surface area contributed by atoms with Crippen molar-refractivity contribution in [3.8, 4) is 0 Å². The van der Waals surface area contributed by atoms with Gasteiger partial charge in [0.2, 0.25) is 0 Å². The minimum Gasteiger partial charge on any atom is -0.369 e. The van der Waals surface area contributed by atoms with Crippen LogP contribution in [0.25, 0.3) is 0 Å². The van der Waals surface area contributed by atoms with Crippen LogP contribution in [0.5, 0.6) is 0 Å². The SMILES string of the molecule is CC(C)C(C)(C)C(=O)ONC1(c2ccccc2Cl)CCCCC1=O. The van der Waals surface area contributed by atoms with E-state index in [1.807, 2.05) is 45.9 Å². The first-order valence-electron chi connectivity index (χ1n) is 8.48. The molecular weight excluding hydrogens is 326 g/mol. The van der Waals surface area contributed by atoms with Gasteiger partial charge in [0.1, 0.15) is 5.54 Å². The molecule has 2 rings (SSSR count). The lowest BCUT2D eigenvalue weighted by molar-refractivity contribution is -0.172. The Balaban J connectivity index is 2.31. The fourth-order valence-corrected chi connectivity index (χ4v) is 3.08. The number of carbonyl (C=O) groups excluding carboxylic acids is 2. The van der Waals surface area contributed by atoms with Gasteiger partial charge in [-0.1, -0.05) is 50.1 Å². The predicted octanol–water partition coefficient (Wildman–Crippen LogP) is 4.41. The van der Waals surface area contributed by atoms with Crippen LogP contribution in [0.15, 0.2) is 24.3 Å². The summed E-state index contributed by atoms with van der Waals surface area (Å²) in [7, 11) is 0. The van der Waals surface area contributed by atoms with E-state index in [0.29, 0.717) is 23.4 Å². The number of hydroxylamine groups is 1. The molecule has 1 fully saturated rings. The topological polar surface area (TPSA) is 55.4 Å². The summed E-state index contributed by atoms with van der Waals surface area (Å²) in [6, 6.07) is 7.23. The van der Waals surface area contributed by atoms with Gasteiger partial charge in [-0.2, -0.15) is 0 Å². The third-order valence-corrected chi connectivity index (χ3v) is 5.63. The molecule has 0 bridgehead atoms. The highest BCUT2D eigenvalue weighted by Crippen LogP contribution is 2.38. The molecule has 1 aromatic rings. The molecule has 0 spiro atoms. The van der Waals surface area contributed by atoms with Gasteiger partial charge >= 0.3 is 5.97 Å². The van der Waals surface area contributed by atoms with E-state index in [4.69, 9.17) is 16.4 Å². The molecular formula is C19H26ClNO3. The van der Waals surface area contributed by atoms with Gasteiger partial charge < -0.3 is 4.84 Å². The Morgan fingerprint density at radius 2 is 1.96 bits per heavy atom. The van der Waals surface area contributed by atoms with Crippen molar-refractivity contribution < 1.29 is 14.4 Å². The fraction of sp³-hybridized carbons (Fsp3) is 0.579. The van der Waals surface area contributed by atoms with Crippen LogP contribution < -0.4 is 5.48 Å². The maximum absolute atomic E-state index is 12.8. The summed E-state index contributed by atoms with van der Waals surface area (Å²) in [5.74, 6) is -0.246. The minimum atomic E-state index is -1.06. The lowest BCUT2D eigenvalue weighted by atomic mass is 9.76. The number of carbonyl (C=O) groups is 2. The maximum Gasteiger partial charge on any atom is 0.330 e. The molecule has 24 heavy (non-hydrogen) atoms. The van der Waals surface area contributed by atoms with Crippen LogP contribution in [-0.4, -0.2) is 11.8 Å². The number of hydrogen-bond donors (Lipinski definition) is 1. The van der Waals surface area contributed by atoms with Crippen LogP contribution in [0.3, 0.4) is 0 Å². The molecule has 1 atom stereocenters. The highest BCUT2D eigenvalue weighted by molar-refractivity contribution is 6.31. The smallest absolute Gasteiger partial charge is 0.330 e. The Kier molecular flexibility index (Phi) is 5.71. The Hall–Kier alpha value is -1.39. The third kappa shape index (κ3) is 3.50. The molecule has 4 nitrogen and oxygen atoms in total. The number of nitrogens with one attached hydrogen (secondary N) is 1. The highest BCUT2D eigenvalue weighted by atomic mass is 35.5. The molecule has 0 amide bonds. The fourth-order valence-electron chi connectivity index (χ4n) is 2.78. The van der Waals surface area contributed by atoms with Crippen molar-refractivity contribution in [2.45, 2.75) is 58.9 Å². The normalized spacial score (nSPS) is 21.8. The van der Waals surface area contributed by atoms with Gasteiger partial charge in [-0.05, 0) is 38.7 Å². The molecule has 0 heterocycles. The van der Waals surface area contributed by atoms with Gasteiger partial charge in [-0.3, -0.25) is 4.79 Å². The standard InChI is InChI=1S/C19H26ClNO3/c1-13(2)18(3,4)17(23)24-21-19(12-8-7-11-16(19)22)14-9-5-6-10-15(14)20/h5-6,9-10,13,21H,7-8,11-12H2,1-4H3. The zero-order valence-corrected chi connectivity index (χ0v) is 15.6. The molecule has 1 aromatic carbocycles.